The van der Waals surface area contributed by atoms with Gasteiger partial charge in [0.05, 0.1) is 28.3 Å². The number of rotatable bonds is 4. The zero-order valence-corrected chi connectivity index (χ0v) is 19.0. The number of hydrogen-bond donors (Lipinski definition) is 0. The Hall–Kier alpha value is -3.84. The molecule has 1 saturated heterocycles. The second-order valence-electron chi connectivity index (χ2n) is 8.86. The number of imidazole rings is 1. The number of piperazine rings is 1. The zero-order valence-electron chi connectivity index (χ0n) is 19.0. The molecule has 0 unspecified atom stereocenters. The van der Waals surface area contributed by atoms with Gasteiger partial charge in [-0.1, -0.05) is 24.3 Å². The highest BCUT2D eigenvalue weighted by Crippen LogP contribution is 2.29. The van der Waals surface area contributed by atoms with E-state index in [4.69, 9.17) is 9.97 Å². The number of benzene rings is 3. The Labute approximate surface area is 197 Å². The molecular formula is C27H25FN6. The highest BCUT2D eigenvalue weighted by atomic mass is 19.1. The minimum absolute atomic E-state index is 0.239. The Morgan fingerprint density at radius 2 is 1.59 bits per heavy atom. The summed E-state index contributed by atoms with van der Waals surface area (Å²) in [6, 6.07) is 20.9. The Kier molecular flexibility index (Phi) is 5.19. The van der Waals surface area contributed by atoms with E-state index < -0.39 is 0 Å². The number of nitrogens with zero attached hydrogens (tertiary/aromatic N) is 6. The number of likely N-dealkylation sites (N-methyl/N-ethyl adjacent to an activating group) is 1. The highest BCUT2D eigenvalue weighted by molar-refractivity contribution is 5.84. The second-order valence-corrected chi connectivity index (χ2v) is 8.86. The summed E-state index contributed by atoms with van der Waals surface area (Å²) in [5.74, 6) is 0.519. The van der Waals surface area contributed by atoms with Crippen LogP contribution in [0.3, 0.4) is 0 Å². The van der Waals surface area contributed by atoms with Gasteiger partial charge in [-0.15, -0.1) is 0 Å². The summed E-state index contributed by atoms with van der Waals surface area (Å²) < 4.78 is 15.7. The first-order chi connectivity index (χ1) is 16.6. The molecule has 170 valence electrons. The standard InChI is InChI=1S/C27H25FN6/c1-32-12-14-33(15-13-32)21-10-11-24-26(16-21)34(18-19-6-8-20(28)9-7-19)27(31-24)25-17-29-22-4-2-3-5-23(22)30-25/h2-11,16-17H,12-15,18H2,1H3. The zero-order chi connectivity index (χ0) is 23.1. The lowest BCUT2D eigenvalue weighted by Crippen LogP contribution is -2.44. The van der Waals surface area contributed by atoms with E-state index in [1.54, 1.807) is 6.20 Å². The van der Waals surface area contributed by atoms with Crippen molar-refractivity contribution >= 4 is 27.8 Å². The smallest absolute Gasteiger partial charge is 0.161 e. The molecule has 7 heteroatoms. The average molecular weight is 453 g/mol. The third-order valence-corrected chi connectivity index (χ3v) is 6.53. The predicted molar refractivity (Wildman–Crippen MR) is 133 cm³/mol. The van der Waals surface area contributed by atoms with Crippen molar-refractivity contribution in [2.24, 2.45) is 0 Å². The molecule has 0 amide bonds. The maximum absolute atomic E-state index is 13.6. The fourth-order valence-corrected chi connectivity index (χ4v) is 4.57. The largest absolute Gasteiger partial charge is 0.369 e. The second kappa shape index (κ2) is 8.50. The summed E-state index contributed by atoms with van der Waals surface area (Å²) in [6.07, 6.45) is 1.78. The number of hydrogen-bond acceptors (Lipinski definition) is 5. The number of anilines is 1. The first-order valence-corrected chi connectivity index (χ1v) is 11.5. The molecular weight excluding hydrogens is 427 g/mol. The molecule has 0 N–H and O–H groups in total. The van der Waals surface area contributed by atoms with Crippen LogP contribution in [0.15, 0.2) is 72.9 Å². The fourth-order valence-electron chi connectivity index (χ4n) is 4.57. The molecule has 1 fully saturated rings. The monoisotopic (exact) mass is 452 g/mol. The summed E-state index contributed by atoms with van der Waals surface area (Å²) in [7, 11) is 2.16. The average Bonchev–Trinajstić information content (AvgIpc) is 3.23. The van der Waals surface area contributed by atoms with E-state index in [0.717, 1.165) is 65.3 Å². The predicted octanol–water partition coefficient (Wildman–Crippen LogP) is 4.59. The summed E-state index contributed by atoms with van der Waals surface area (Å²) in [5, 5.41) is 0. The van der Waals surface area contributed by atoms with Crippen molar-refractivity contribution in [3.63, 3.8) is 0 Å². The van der Waals surface area contributed by atoms with Gasteiger partial charge in [-0.2, -0.15) is 0 Å². The first kappa shape index (κ1) is 20.7. The van der Waals surface area contributed by atoms with Crippen LogP contribution in [0.1, 0.15) is 5.56 Å². The van der Waals surface area contributed by atoms with Crippen LogP contribution >= 0.6 is 0 Å². The first-order valence-electron chi connectivity index (χ1n) is 11.5. The molecule has 6 nitrogen and oxygen atoms in total. The van der Waals surface area contributed by atoms with E-state index in [1.165, 1.54) is 17.8 Å². The number of halogens is 1. The Bertz CT molecular complexity index is 1470. The summed E-state index contributed by atoms with van der Waals surface area (Å²) in [5.41, 5.74) is 6.54. The van der Waals surface area contributed by atoms with Gasteiger partial charge in [0.25, 0.3) is 0 Å². The van der Waals surface area contributed by atoms with Gasteiger partial charge in [0.15, 0.2) is 5.82 Å². The van der Waals surface area contributed by atoms with Gasteiger partial charge in [-0.05, 0) is 55.1 Å². The third kappa shape index (κ3) is 3.88. The highest BCUT2D eigenvalue weighted by Gasteiger charge is 2.19. The molecule has 0 bridgehead atoms. The van der Waals surface area contributed by atoms with Crippen molar-refractivity contribution in [1.29, 1.82) is 0 Å². The van der Waals surface area contributed by atoms with Crippen LogP contribution in [0.25, 0.3) is 33.6 Å². The third-order valence-electron chi connectivity index (χ3n) is 6.53. The van der Waals surface area contributed by atoms with Crippen LogP contribution in [0, 0.1) is 5.82 Å². The van der Waals surface area contributed by atoms with Gasteiger partial charge in [-0.3, -0.25) is 4.98 Å². The van der Waals surface area contributed by atoms with Crippen molar-refractivity contribution in [3.8, 4) is 11.5 Å². The van der Waals surface area contributed by atoms with Gasteiger partial charge in [-0.25, -0.2) is 14.4 Å². The minimum atomic E-state index is -0.239. The molecule has 2 aromatic heterocycles. The normalized spacial score (nSPS) is 14.8. The van der Waals surface area contributed by atoms with Crippen LogP contribution in [0.4, 0.5) is 10.1 Å². The minimum Gasteiger partial charge on any atom is -0.369 e. The topological polar surface area (TPSA) is 50.1 Å². The molecule has 1 aliphatic heterocycles. The van der Waals surface area contributed by atoms with E-state index in [1.807, 2.05) is 36.4 Å². The van der Waals surface area contributed by atoms with E-state index in [-0.39, 0.29) is 5.82 Å². The lowest BCUT2D eigenvalue weighted by atomic mass is 10.2. The summed E-state index contributed by atoms with van der Waals surface area (Å²) >= 11 is 0. The summed E-state index contributed by atoms with van der Waals surface area (Å²) in [6.45, 7) is 4.65. The maximum atomic E-state index is 13.6. The van der Waals surface area contributed by atoms with Crippen molar-refractivity contribution in [1.82, 2.24) is 24.4 Å². The maximum Gasteiger partial charge on any atom is 0.161 e. The number of fused-ring (bicyclic) bond motifs is 2. The molecule has 5 aromatic rings. The van der Waals surface area contributed by atoms with Crippen molar-refractivity contribution in [2.45, 2.75) is 6.54 Å². The molecule has 3 heterocycles. The molecule has 0 radical (unpaired) electrons. The molecule has 3 aromatic carbocycles. The lowest BCUT2D eigenvalue weighted by molar-refractivity contribution is 0.313. The molecule has 34 heavy (non-hydrogen) atoms. The molecule has 0 saturated carbocycles. The van der Waals surface area contributed by atoms with Gasteiger partial charge in [0, 0.05) is 38.4 Å². The van der Waals surface area contributed by atoms with Gasteiger partial charge < -0.3 is 14.4 Å². The van der Waals surface area contributed by atoms with E-state index >= 15 is 0 Å². The quantitative estimate of drug-likeness (QED) is 0.399. The molecule has 0 atom stereocenters. The van der Waals surface area contributed by atoms with E-state index in [9.17, 15) is 4.39 Å². The van der Waals surface area contributed by atoms with Crippen molar-refractivity contribution in [2.75, 3.05) is 38.1 Å². The van der Waals surface area contributed by atoms with Crippen molar-refractivity contribution in [3.05, 3.63) is 84.3 Å². The lowest BCUT2D eigenvalue weighted by Gasteiger charge is -2.34. The molecule has 0 aliphatic carbocycles. The van der Waals surface area contributed by atoms with Gasteiger partial charge in [0.1, 0.15) is 11.5 Å². The number of para-hydroxylation sites is 2. The fraction of sp³-hybridized carbons (Fsp3) is 0.222. The Morgan fingerprint density at radius 1 is 0.824 bits per heavy atom. The van der Waals surface area contributed by atoms with Gasteiger partial charge >= 0.3 is 0 Å². The Morgan fingerprint density at radius 3 is 2.38 bits per heavy atom. The van der Waals surface area contributed by atoms with Gasteiger partial charge in [0.2, 0.25) is 0 Å². The molecule has 1 aliphatic rings. The summed E-state index contributed by atoms with van der Waals surface area (Å²) in [4.78, 5) is 19.2. The number of aromatic nitrogens is 4. The molecule has 0 spiro atoms. The van der Waals surface area contributed by atoms with Crippen LogP contribution < -0.4 is 4.90 Å². The van der Waals surface area contributed by atoms with Crippen LogP contribution in [-0.2, 0) is 6.54 Å². The Balaban J connectivity index is 1.48. The van der Waals surface area contributed by atoms with E-state index in [2.05, 4.69) is 44.6 Å². The van der Waals surface area contributed by atoms with Crippen LogP contribution in [0.5, 0.6) is 0 Å². The molecule has 6 rings (SSSR count). The van der Waals surface area contributed by atoms with Crippen LogP contribution in [0.2, 0.25) is 0 Å². The van der Waals surface area contributed by atoms with E-state index in [0.29, 0.717) is 6.54 Å². The van der Waals surface area contributed by atoms with Crippen molar-refractivity contribution < 1.29 is 4.39 Å². The SMILES string of the molecule is CN1CCN(c2ccc3nc(-c4cnc5ccccc5n4)n(Cc4ccc(F)cc4)c3c2)CC1. The van der Waals surface area contributed by atoms with Crippen LogP contribution in [-0.4, -0.2) is 57.6 Å².